The predicted octanol–water partition coefficient (Wildman–Crippen LogP) is 1.13. The van der Waals surface area contributed by atoms with Crippen LogP contribution in [0, 0.1) is 6.92 Å². The summed E-state index contributed by atoms with van der Waals surface area (Å²) in [4.78, 5) is 3.15. The van der Waals surface area contributed by atoms with Crippen LogP contribution < -0.4 is 10.5 Å². The first-order valence-corrected chi connectivity index (χ1v) is 8.62. The molecule has 0 saturated carbocycles. The zero-order valence-corrected chi connectivity index (χ0v) is 13.6. The monoisotopic (exact) mass is 305 g/mol. The van der Waals surface area contributed by atoms with Crippen LogP contribution in [0.2, 0.25) is 0 Å². The van der Waals surface area contributed by atoms with Gasteiger partial charge >= 0.3 is 0 Å². The standard InChI is InChI=1S/C12H23N3O2S2/c1-9(2)15(4)6-5-14-19(16,17)12-10(3)8-18-11(12)7-13/h8-9,14H,5-7,13H2,1-4H3. The number of nitrogens with two attached hydrogens (primary N) is 1. The smallest absolute Gasteiger partial charge is 0.242 e. The van der Waals surface area contributed by atoms with Gasteiger partial charge < -0.3 is 10.6 Å². The van der Waals surface area contributed by atoms with Crippen molar-refractivity contribution in [2.45, 2.75) is 38.3 Å². The second-order valence-corrected chi connectivity index (χ2v) is 7.52. The van der Waals surface area contributed by atoms with Gasteiger partial charge in [0.05, 0.1) is 0 Å². The molecule has 0 fully saturated rings. The van der Waals surface area contributed by atoms with Crippen molar-refractivity contribution in [3.05, 3.63) is 15.8 Å². The van der Waals surface area contributed by atoms with Crippen LogP contribution in [0.3, 0.4) is 0 Å². The fourth-order valence-electron chi connectivity index (χ4n) is 1.68. The lowest BCUT2D eigenvalue weighted by Gasteiger charge is -2.21. The topological polar surface area (TPSA) is 75.4 Å². The molecule has 0 bridgehead atoms. The van der Waals surface area contributed by atoms with Gasteiger partial charge in [-0.15, -0.1) is 11.3 Å². The van der Waals surface area contributed by atoms with E-state index in [1.165, 1.54) is 11.3 Å². The van der Waals surface area contributed by atoms with Crippen LogP contribution in [0.5, 0.6) is 0 Å². The number of nitrogens with zero attached hydrogens (tertiary/aromatic N) is 1. The Morgan fingerprint density at radius 3 is 2.63 bits per heavy atom. The van der Waals surface area contributed by atoms with Gasteiger partial charge in [0.25, 0.3) is 0 Å². The molecular weight excluding hydrogens is 282 g/mol. The van der Waals surface area contributed by atoms with Crippen molar-refractivity contribution >= 4 is 21.4 Å². The maximum absolute atomic E-state index is 12.3. The van der Waals surface area contributed by atoms with Crippen molar-refractivity contribution in [3.8, 4) is 0 Å². The molecule has 1 heterocycles. The van der Waals surface area contributed by atoms with Gasteiger partial charge in [-0.2, -0.15) is 0 Å². The summed E-state index contributed by atoms with van der Waals surface area (Å²) in [6.45, 7) is 7.27. The Morgan fingerprint density at radius 1 is 1.47 bits per heavy atom. The minimum atomic E-state index is -3.46. The van der Waals surface area contributed by atoms with Crippen molar-refractivity contribution in [1.82, 2.24) is 9.62 Å². The molecule has 0 aliphatic carbocycles. The lowest BCUT2D eigenvalue weighted by molar-refractivity contribution is 0.278. The third-order valence-electron chi connectivity index (χ3n) is 3.08. The average molecular weight is 305 g/mol. The molecule has 0 spiro atoms. The molecule has 0 aliphatic heterocycles. The van der Waals surface area contributed by atoms with Crippen molar-refractivity contribution < 1.29 is 8.42 Å². The van der Waals surface area contributed by atoms with E-state index in [-0.39, 0.29) is 6.54 Å². The lowest BCUT2D eigenvalue weighted by atomic mass is 10.3. The van der Waals surface area contributed by atoms with E-state index in [2.05, 4.69) is 23.5 Å². The highest BCUT2D eigenvalue weighted by Gasteiger charge is 2.22. The molecular formula is C12H23N3O2S2. The minimum Gasteiger partial charge on any atom is -0.326 e. The van der Waals surface area contributed by atoms with Crippen LogP contribution >= 0.6 is 11.3 Å². The lowest BCUT2D eigenvalue weighted by Crippen LogP contribution is -2.36. The normalized spacial score (nSPS) is 12.6. The Hall–Kier alpha value is -0.470. The minimum absolute atomic E-state index is 0.251. The van der Waals surface area contributed by atoms with Crippen LogP contribution in [0.4, 0.5) is 0 Å². The summed E-state index contributed by atoms with van der Waals surface area (Å²) < 4.78 is 27.2. The largest absolute Gasteiger partial charge is 0.326 e. The molecule has 7 heteroatoms. The van der Waals surface area contributed by atoms with E-state index in [4.69, 9.17) is 5.73 Å². The zero-order valence-electron chi connectivity index (χ0n) is 11.9. The number of aryl methyl sites for hydroxylation is 1. The van der Waals surface area contributed by atoms with E-state index in [9.17, 15) is 8.42 Å². The van der Waals surface area contributed by atoms with Crippen LogP contribution in [-0.4, -0.2) is 39.5 Å². The van der Waals surface area contributed by atoms with E-state index in [1.807, 2.05) is 12.4 Å². The summed E-state index contributed by atoms with van der Waals surface area (Å²) in [6, 6.07) is 0.395. The van der Waals surface area contributed by atoms with Crippen molar-refractivity contribution in [3.63, 3.8) is 0 Å². The molecule has 110 valence electrons. The average Bonchev–Trinajstić information content (AvgIpc) is 2.70. The molecule has 19 heavy (non-hydrogen) atoms. The highest BCUT2D eigenvalue weighted by atomic mass is 32.2. The van der Waals surface area contributed by atoms with E-state index in [0.717, 1.165) is 5.56 Å². The number of rotatable bonds is 7. The van der Waals surface area contributed by atoms with Gasteiger partial charge in [-0.1, -0.05) is 0 Å². The van der Waals surface area contributed by atoms with E-state index >= 15 is 0 Å². The van der Waals surface area contributed by atoms with Gasteiger partial charge in [0.15, 0.2) is 0 Å². The number of hydrogen-bond donors (Lipinski definition) is 2. The molecule has 3 N–H and O–H groups in total. The molecule has 0 atom stereocenters. The van der Waals surface area contributed by atoms with Gasteiger partial charge in [-0.05, 0) is 38.8 Å². The predicted molar refractivity (Wildman–Crippen MR) is 79.9 cm³/mol. The summed E-state index contributed by atoms with van der Waals surface area (Å²) in [5.41, 5.74) is 6.35. The van der Waals surface area contributed by atoms with Crippen molar-refractivity contribution in [2.24, 2.45) is 5.73 Å². The Labute approximate surface area is 119 Å². The van der Waals surface area contributed by atoms with Gasteiger partial charge in [0, 0.05) is 30.6 Å². The van der Waals surface area contributed by atoms with Gasteiger partial charge in [-0.25, -0.2) is 13.1 Å². The Balaban J connectivity index is 2.74. The number of likely N-dealkylation sites (N-methyl/N-ethyl adjacent to an activating group) is 1. The molecule has 1 aromatic rings. The summed E-state index contributed by atoms with van der Waals surface area (Å²) >= 11 is 1.39. The Morgan fingerprint density at radius 2 is 2.11 bits per heavy atom. The fourth-order valence-corrected chi connectivity index (χ4v) is 4.40. The number of thiophene rings is 1. The third-order valence-corrected chi connectivity index (χ3v) is 6.03. The Bertz CT molecular complexity index is 509. The summed E-state index contributed by atoms with van der Waals surface area (Å²) in [6.07, 6.45) is 0. The molecule has 0 aromatic carbocycles. The van der Waals surface area contributed by atoms with Crippen LogP contribution in [-0.2, 0) is 16.6 Å². The summed E-state index contributed by atoms with van der Waals surface area (Å²) in [5, 5.41) is 1.83. The molecule has 0 amide bonds. The SMILES string of the molecule is Cc1csc(CN)c1S(=O)(=O)NCCN(C)C(C)C. The van der Waals surface area contributed by atoms with Gasteiger partial charge in [0.2, 0.25) is 10.0 Å². The highest BCUT2D eigenvalue weighted by molar-refractivity contribution is 7.89. The number of sulfonamides is 1. The molecule has 0 aliphatic rings. The molecule has 1 aromatic heterocycles. The fraction of sp³-hybridized carbons (Fsp3) is 0.667. The second kappa shape index (κ2) is 6.81. The van der Waals surface area contributed by atoms with Crippen LogP contribution in [0.25, 0.3) is 0 Å². The highest BCUT2D eigenvalue weighted by Crippen LogP contribution is 2.26. The van der Waals surface area contributed by atoms with E-state index in [1.54, 1.807) is 6.92 Å². The summed E-state index contributed by atoms with van der Waals surface area (Å²) in [5.74, 6) is 0. The van der Waals surface area contributed by atoms with Crippen LogP contribution in [0.1, 0.15) is 24.3 Å². The molecule has 5 nitrogen and oxygen atoms in total. The van der Waals surface area contributed by atoms with Crippen molar-refractivity contribution in [2.75, 3.05) is 20.1 Å². The van der Waals surface area contributed by atoms with Crippen LogP contribution in [0.15, 0.2) is 10.3 Å². The Kier molecular flexibility index (Phi) is 5.94. The zero-order chi connectivity index (χ0) is 14.6. The number of nitrogens with one attached hydrogen (secondary N) is 1. The maximum atomic E-state index is 12.3. The molecule has 0 saturated heterocycles. The first-order chi connectivity index (χ1) is 8.79. The first-order valence-electron chi connectivity index (χ1n) is 6.26. The number of hydrogen-bond acceptors (Lipinski definition) is 5. The maximum Gasteiger partial charge on any atom is 0.242 e. The molecule has 1 rings (SSSR count). The quantitative estimate of drug-likeness (QED) is 0.792. The summed E-state index contributed by atoms with van der Waals surface area (Å²) in [7, 11) is -1.49. The van der Waals surface area contributed by atoms with E-state index < -0.39 is 10.0 Å². The third kappa shape index (κ3) is 4.25. The molecule has 0 unspecified atom stereocenters. The van der Waals surface area contributed by atoms with Gasteiger partial charge in [-0.3, -0.25) is 0 Å². The van der Waals surface area contributed by atoms with Gasteiger partial charge in [0.1, 0.15) is 4.90 Å². The second-order valence-electron chi connectivity index (χ2n) is 4.85. The van der Waals surface area contributed by atoms with E-state index in [0.29, 0.717) is 28.9 Å². The first kappa shape index (κ1) is 16.6. The molecule has 0 radical (unpaired) electrons. The van der Waals surface area contributed by atoms with Crippen molar-refractivity contribution in [1.29, 1.82) is 0 Å².